The van der Waals surface area contributed by atoms with Crippen LogP contribution in [0.15, 0.2) is 29.2 Å². The van der Waals surface area contributed by atoms with Gasteiger partial charge in [0.25, 0.3) is 15.9 Å². The SMILES string of the molecule is O=C1NS(=O)(=O)c2ccccc21.O=P(O)(O)OS(=O)(=O)O. The summed E-state index contributed by atoms with van der Waals surface area (Å²) in [4.78, 5) is 26.5. The maximum atomic E-state index is 11.1. The fourth-order valence-corrected chi connectivity index (χ4v) is 3.40. The maximum Gasteiger partial charge on any atom is 0.486 e. The van der Waals surface area contributed by atoms with E-state index in [1.807, 2.05) is 4.72 Å². The second kappa shape index (κ2) is 5.81. The Balaban J connectivity index is 0.000000222. The van der Waals surface area contributed by atoms with Crippen LogP contribution in [0, 0.1) is 0 Å². The lowest BCUT2D eigenvalue weighted by Gasteiger charge is -1.97. The van der Waals surface area contributed by atoms with Gasteiger partial charge in [-0.1, -0.05) is 12.1 Å². The first kappa shape index (κ1) is 17.7. The van der Waals surface area contributed by atoms with E-state index in [1.165, 1.54) is 12.1 Å². The molecule has 1 aromatic carbocycles. The second-order valence-corrected chi connectivity index (χ2v) is 7.51. The first-order valence-electron chi connectivity index (χ1n) is 4.72. The molecular formula is C7H8NO10PS2. The summed E-state index contributed by atoms with van der Waals surface area (Å²) in [6.45, 7) is 0. The van der Waals surface area contributed by atoms with Crippen LogP contribution in [0.4, 0.5) is 0 Å². The van der Waals surface area contributed by atoms with Crippen molar-refractivity contribution in [2.75, 3.05) is 0 Å². The van der Waals surface area contributed by atoms with Crippen molar-refractivity contribution in [3.8, 4) is 0 Å². The smallest absolute Gasteiger partial charge is 0.302 e. The van der Waals surface area contributed by atoms with Gasteiger partial charge in [-0.3, -0.25) is 9.35 Å². The number of benzene rings is 1. The number of hydrogen-bond acceptors (Lipinski definition) is 7. The molecule has 11 nitrogen and oxygen atoms in total. The van der Waals surface area contributed by atoms with Crippen molar-refractivity contribution < 1.29 is 44.5 Å². The van der Waals surface area contributed by atoms with Crippen LogP contribution >= 0.6 is 7.82 Å². The van der Waals surface area contributed by atoms with E-state index in [0.29, 0.717) is 0 Å². The van der Waals surface area contributed by atoms with E-state index >= 15 is 0 Å². The molecule has 0 unspecified atom stereocenters. The van der Waals surface area contributed by atoms with Gasteiger partial charge in [-0.15, -0.1) is 3.97 Å². The van der Waals surface area contributed by atoms with Gasteiger partial charge >= 0.3 is 18.2 Å². The number of amides is 1. The summed E-state index contributed by atoms with van der Waals surface area (Å²) in [6.07, 6.45) is 0. The van der Waals surface area contributed by atoms with Gasteiger partial charge in [0.05, 0.1) is 5.56 Å². The Hall–Kier alpha value is -1.34. The van der Waals surface area contributed by atoms with Gasteiger partial charge < -0.3 is 9.79 Å². The van der Waals surface area contributed by atoms with Gasteiger partial charge in [-0.05, 0) is 12.1 Å². The molecule has 0 aliphatic carbocycles. The summed E-state index contributed by atoms with van der Waals surface area (Å²) in [5, 5.41) is 0. The Morgan fingerprint density at radius 1 is 1.19 bits per heavy atom. The molecule has 21 heavy (non-hydrogen) atoms. The summed E-state index contributed by atoms with van der Waals surface area (Å²) in [6, 6.07) is 6.09. The van der Waals surface area contributed by atoms with Crippen molar-refractivity contribution in [2.45, 2.75) is 4.90 Å². The summed E-state index contributed by atoms with van der Waals surface area (Å²) in [5.41, 5.74) is 0.220. The zero-order chi connectivity index (χ0) is 16.5. The van der Waals surface area contributed by atoms with Crippen molar-refractivity contribution in [3.05, 3.63) is 29.8 Å². The van der Waals surface area contributed by atoms with Gasteiger partial charge in [-0.25, -0.2) is 17.7 Å². The topological polar surface area (TPSA) is 184 Å². The van der Waals surface area contributed by atoms with Crippen LogP contribution in [0.25, 0.3) is 0 Å². The summed E-state index contributed by atoms with van der Waals surface area (Å²) in [5.74, 6) is -0.550. The highest BCUT2D eigenvalue weighted by molar-refractivity contribution is 7.90. The molecule has 0 radical (unpaired) electrons. The molecular weight excluding hydrogens is 353 g/mol. The fraction of sp³-hybridized carbons (Fsp3) is 0. The molecule has 0 aromatic heterocycles. The zero-order valence-corrected chi connectivity index (χ0v) is 12.3. The van der Waals surface area contributed by atoms with E-state index in [4.69, 9.17) is 14.3 Å². The van der Waals surface area contributed by atoms with E-state index in [9.17, 15) is 26.2 Å². The molecule has 1 aliphatic rings. The van der Waals surface area contributed by atoms with Crippen molar-refractivity contribution in [3.63, 3.8) is 0 Å². The van der Waals surface area contributed by atoms with Crippen LogP contribution in [-0.4, -0.2) is 37.1 Å². The summed E-state index contributed by atoms with van der Waals surface area (Å²) in [7, 11) is -13.7. The molecule has 0 bridgehead atoms. The number of hydrogen-bond donors (Lipinski definition) is 4. The molecule has 2 rings (SSSR count). The standard InChI is InChI=1S/C7H5NO3S.H3O7PS/c9-7-5-3-1-2-4-6(5)12(10,11)8-7;1-8(2,3)7-9(4,5)6/h1-4H,(H,8,9);(H2,1,2,3)(H,4,5,6). The lowest BCUT2D eigenvalue weighted by Crippen LogP contribution is -2.20. The monoisotopic (exact) mass is 361 g/mol. The molecule has 1 aromatic rings. The minimum Gasteiger partial charge on any atom is -0.302 e. The van der Waals surface area contributed by atoms with Gasteiger partial charge in [-0.2, -0.15) is 8.42 Å². The highest BCUT2D eigenvalue weighted by Gasteiger charge is 2.31. The van der Waals surface area contributed by atoms with Crippen LogP contribution in [0.1, 0.15) is 10.4 Å². The minimum absolute atomic E-state index is 0.0648. The number of phosphoric acid groups is 1. The van der Waals surface area contributed by atoms with Crippen LogP contribution < -0.4 is 4.72 Å². The number of fused-ring (bicyclic) bond motifs is 1. The third-order valence-corrected chi connectivity index (χ3v) is 4.76. The van der Waals surface area contributed by atoms with Crippen LogP contribution in [-0.2, 0) is 29.0 Å². The van der Waals surface area contributed by atoms with E-state index < -0.39 is 34.2 Å². The lowest BCUT2D eigenvalue weighted by atomic mass is 10.2. The highest BCUT2D eigenvalue weighted by atomic mass is 32.3. The number of carbonyl (C=O) groups is 1. The van der Waals surface area contributed by atoms with E-state index in [1.54, 1.807) is 12.1 Å². The highest BCUT2D eigenvalue weighted by Crippen LogP contribution is 2.37. The summed E-state index contributed by atoms with van der Waals surface area (Å²) >= 11 is 0. The second-order valence-electron chi connectivity index (χ2n) is 3.42. The third kappa shape index (κ3) is 5.51. The molecule has 1 amide bonds. The van der Waals surface area contributed by atoms with Crippen LogP contribution in [0.5, 0.6) is 0 Å². The average molecular weight is 361 g/mol. The first-order chi connectivity index (χ1) is 9.32. The normalized spacial score (nSPS) is 16.4. The largest absolute Gasteiger partial charge is 0.486 e. The van der Waals surface area contributed by atoms with E-state index in [2.05, 4.69) is 3.97 Å². The predicted molar refractivity (Wildman–Crippen MR) is 65.8 cm³/mol. The zero-order valence-electron chi connectivity index (χ0n) is 9.77. The molecule has 0 spiro atoms. The molecule has 14 heteroatoms. The van der Waals surface area contributed by atoms with Gasteiger partial charge in [0, 0.05) is 0 Å². The Bertz CT molecular complexity index is 808. The fourth-order valence-electron chi connectivity index (χ4n) is 1.24. The van der Waals surface area contributed by atoms with Crippen molar-refractivity contribution in [1.82, 2.24) is 4.72 Å². The lowest BCUT2D eigenvalue weighted by molar-refractivity contribution is 0.0985. The van der Waals surface area contributed by atoms with Gasteiger partial charge in [0.2, 0.25) is 0 Å². The van der Waals surface area contributed by atoms with Gasteiger partial charge in [0.15, 0.2) is 0 Å². The van der Waals surface area contributed by atoms with Crippen molar-refractivity contribution in [1.29, 1.82) is 0 Å². The van der Waals surface area contributed by atoms with E-state index in [-0.39, 0.29) is 10.5 Å². The van der Waals surface area contributed by atoms with Crippen LogP contribution in [0.3, 0.4) is 0 Å². The average Bonchev–Trinajstić information content (AvgIpc) is 2.46. The predicted octanol–water partition coefficient (Wildman–Crippen LogP) is -0.983. The Kier molecular flexibility index (Phi) is 4.90. The molecule has 0 fully saturated rings. The molecule has 0 saturated carbocycles. The van der Waals surface area contributed by atoms with Gasteiger partial charge in [0.1, 0.15) is 4.90 Å². The maximum absolute atomic E-state index is 11.1. The molecule has 0 atom stereocenters. The number of nitrogens with one attached hydrogen (secondary N) is 1. The van der Waals surface area contributed by atoms with Crippen LogP contribution in [0.2, 0.25) is 0 Å². The molecule has 4 N–H and O–H groups in total. The minimum atomic E-state index is -5.13. The molecule has 0 saturated heterocycles. The number of sulfonamides is 1. The molecule has 1 aliphatic heterocycles. The molecule has 118 valence electrons. The quantitative estimate of drug-likeness (QED) is 0.377. The van der Waals surface area contributed by atoms with Crippen molar-refractivity contribution >= 4 is 34.2 Å². The van der Waals surface area contributed by atoms with Crippen molar-refractivity contribution in [2.24, 2.45) is 0 Å². The Morgan fingerprint density at radius 2 is 1.71 bits per heavy atom. The Labute approximate surface area is 118 Å². The molecule has 1 heterocycles. The van der Waals surface area contributed by atoms with E-state index in [0.717, 1.165) is 0 Å². The third-order valence-electron chi connectivity index (χ3n) is 1.84. The Morgan fingerprint density at radius 3 is 2.10 bits per heavy atom. The number of rotatable bonds is 2. The summed E-state index contributed by atoms with van der Waals surface area (Å²) < 4.78 is 63.1. The number of carbonyl (C=O) groups excluding carboxylic acids is 1. The first-order valence-corrected chi connectivity index (χ1v) is 9.10.